The minimum absolute atomic E-state index is 0.303. The maximum atomic E-state index is 12.2. The minimum atomic E-state index is -0.421. The number of thioether (sulfide) groups is 1. The van der Waals surface area contributed by atoms with Crippen LogP contribution in [-0.4, -0.2) is 19.7 Å². The fourth-order valence-electron chi connectivity index (χ4n) is 2.42. The maximum absolute atomic E-state index is 12.2. The molecule has 2 heterocycles. The number of aromatic nitrogens is 4. The van der Waals surface area contributed by atoms with E-state index in [-0.39, 0.29) is 5.56 Å². The quantitative estimate of drug-likeness (QED) is 0.648. The van der Waals surface area contributed by atoms with Crippen LogP contribution in [0.1, 0.15) is 22.7 Å². The minimum Gasteiger partial charge on any atom is -0.416 e. The van der Waals surface area contributed by atoms with Gasteiger partial charge in [0.15, 0.2) is 0 Å². The van der Waals surface area contributed by atoms with Crippen molar-refractivity contribution in [3.05, 3.63) is 72.8 Å². The lowest BCUT2D eigenvalue weighted by molar-refractivity contribution is 0.412. The second kappa shape index (κ2) is 7.92. The zero-order valence-electron chi connectivity index (χ0n) is 14.3. The van der Waals surface area contributed by atoms with Gasteiger partial charge in [-0.1, -0.05) is 35.5 Å². The van der Waals surface area contributed by atoms with Gasteiger partial charge >= 0.3 is 5.69 Å². The molecule has 1 aromatic carbocycles. The average Bonchev–Trinajstić information content (AvgIpc) is 3.07. The number of nitrogens with one attached hydrogen (secondary N) is 1. The van der Waals surface area contributed by atoms with Gasteiger partial charge in [-0.3, -0.25) is 9.36 Å². The number of benzene rings is 1. The topological polar surface area (TPSA) is 93.8 Å². The Morgan fingerprint density at radius 2 is 1.92 bits per heavy atom. The summed E-state index contributed by atoms with van der Waals surface area (Å²) in [5, 5.41) is 9.20. The highest BCUT2D eigenvalue weighted by Gasteiger charge is 2.12. The third-order valence-corrected chi connectivity index (χ3v) is 5.07. The lowest BCUT2D eigenvalue weighted by Crippen LogP contribution is -2.36. The standard InChI is InChI=1S/C17H17ClN4O3S/c1-10-13(15(23)22(2)16(24)19-10)7-8-14-20-21-17(25-14)26-9-11-3-5-12(18)6-4-11/h3-6H,7-9H2,1-2H3,(H,19,24). The van der Waals surface area contributed by atoms with Crippen molar-refractivity contribution in [1.82, 2.24) is 19.7 Å². The summed E-state index contributed by atoms with van der Waals surface area (Å²) >= 11 is 7.30. The first-order chi connectivity index (χ1) is 12.4. The third-order valence-electron chi connectivity index (χ3n) is 3.93. The molecule has 2 aromatic heterocycles. The van der Waals surface area contributed by atoms with Crippen molar-refractivity contribution < 1.29 is 4.42 Å². The molecular weight excluding hydrogens is 376 g/mol. The van der Waals surface area contributed by atoms with E-state index in [1.807, 2.05) is 24.3 Å². The van der Waals surface area contributed by atoms with Crippen LogP contribution >= 0.6 is 23.4 Å². The second-order valence-corrected chi connectivity index (χ2v) is 7.14. The Hall–Kier alpha value is -2.32. The first kappa shape index (κ1) is 18.5. The van der Waals surface area contributed by atoms with Crippen molar-refractivity contribution in [2.75, 3.05) is 0 Å². The van der Waals surface area contributed by atoms with Gasteiger partial charge in [-0.25, -0.2) is 4.79 Å². The molecule has 136 valence electrons. The molecular formula is C17H17ClN4O3S. The van der Waals surface area contributed by atoms with Crippen molar-refractivity contribution in [1.29, 1.82) is 0 Å². The van der Waals surface area contributed by atoms with E-state index in [2.05, 4.69) is 15.2 Å². The van der Waals surface area contributed by atoms with Crippen molar-refractivity contribution in [2.24, 2.45) is 7.05 Å². The van der Waals surface area contributed by atoms with Crippen LogP contribution in [0.5, 0.6) is 0 Å². The Labute approximate surface area is 158 Å². The van der Waals surface area contributed by atoms with Crippen LogP contribution in [0.3, 0.4) is 0 Å². The van der Waals surface area contributed by atoms with Gasteiger partial charge in [0.05, 0.1) is 0 Å². The monoisotopic (exact) mass is 392 g/mol. The lowest BCUT2D eigenvalue weighted by atomic mass is 10.1. The molecule has 0 spiro atoms. The molecule has 9 heteroatoms. The van der Waals surface area contributed by atoms with Gasteiger partial charge in [0, 0.05) is 35.5 Å². The molecule has 0 atom stereocenters. The fourth-order valence-corrected chi connectivity index (χ4v) is 3.29. The highest BCUT2D eigenvalue weighted by atomic mass is 35.5. The van der Waals surface area contributed by atoms with E-state index in [1.54, 1.807) is 6.92 Å². The van der Waals surface area contributed by atoms with Crippen molar-refractivity contribution in [3.8, 4) is 0 Å². The summed E-state index contributed by atoms with van der Waals surface area (Å²) < 4.78 is 6.68. The number of halogens is 1. The molecule has 7 nitrogen and oxygen atoms in total. The highest BCUT2D eigenvalue weighted by molar-refractivity contribution is 7.98. The van der Waals surface area contributed by atoms with E-state index >= 15 is 0 Å². The van der Waals surface area contributed by atoms with Crippen molar-refractivity contribution in [3.63, 3.8) is 0 Å². The Morgan fingerprint density at radius 3 is 2.65 bits per heavy atom. The summed E-state index contributed by atoms with van der Waals surface area (Å²) in [4.78, 5) is 26.4. The third kappa shape index (κ3) is 4.25. The summed E-state index contributed by atoms with van der Waals surface area (Å²) in [5.74, 6) is 1.15. The molecule has 0 amide bonds. The molecule has 1 N–H and O–H groups in total. The van der Waals surface area contributed by atoms with Crippen LogP contribution in [0, 0.1) is 6.92 Å². The average molecular weight is 393 g/mol. The van der Waals surface area contributed by atoms with Crippen LogP contribution in [0.2, 0.25) is 5.02 Å². The second-order valence-electron chi connectivity index (χ2n) is 5.77. The van der Waals surface area contributed by atoms with Crippen LogP contribution in [0.15, 0.2) is 43.5 Å². The Balaban J connectivity index is 1.62. The fraction of sp³-hybridized carbons (Fsp3) is 0.294. The van der Waals surface area contributed by atoms with Gasteiger partial charge < -0.3 is 9.40 Å². The van der Waals surface area contributed by atoms with Crippen LogP contribution in [0.25, 0.3) is 0 Å². The van der Waals surface area contributed by atoms with E-state index in [1.165, 1.54) is 18.8 Å². The molecule has 0 saturated carbocycles. The van der Waals surface area contributed by atoms with Gasteiger partial charge in [0.25, 0.3) is 10.8 Å². The zero-order chi connectivity index (χ0) is 18.7. The van der Waals surface area contributed by atoms with E-state index in [4.69, 9.17) is 16.0 Å². The number of hydrogen-bond donors (Lipinski definition) is 1. The Bertz CT molecular complexity index is 1020. The smallest absolute Gasteiger partial charge is 0.328 e. The molecule has 0 bridgehead atoms. The van der Waals surface area contributed by atoms with Crippen LogP contribution in [0.4, 0.5) is 0 Å². The van der Waals surface area contributed by atoms with Crippen molar-refractivity contribution in [2.45, 2.75) is 30.7 Å². The van der Waals surface area contributed by atoms with Gasteiger partial charge in [-0.05, 0) is 31.0 Å². The van der Waals surface area contributed by atoms with E-state index in [0.717, 1.165) is 10.1 Å². The summed E-state index contributed by atoms with van der Waals surface area (Å²) in [5.41, 5.74) is 1.49. The molecule has 0 radical (unpaired) electrons. The van der Waals surface area contributed by atoms with Gasteiger partial charge in [0.1, 0.15) is 0 Å². The predicted molar refractivity (Wildman–Crippen MR) is 99.8 cm³/mol. The first-order valence-electron chi connectivity index (χ1n) is 7.92. The zero-order valence-corrected chi connectivity index (χ0v) is 15.9. The molecule has 0 saturated heterocycles. The number of aromatic amines is 1. The van der Waals surface area contributed by atoms with Gasteiger partial charge in [-0.2, -0.15) is 0 Å². The van der Waals surface area contributed by atoms with E-state index < -0.39 is 5.69 Å². The molecule has 0 aliphatic carbocycles. The number of rotatable bonds is 6. The molecule has 0 fully saturated rings. The maximum Gasteiger partial charge on any atom is 0.328 e. The van der Waals surface area contributed by atoms with Crippen LogP contribution in [-0.2, 0) is 25.6 Å². The normalized spacial score (nSPS) is 11.0. The SMILES string of the molecule is Cc1[nH]c(=O)n(C)c(=O)c1CCc1nnc(SCc2ccc(Cl)cc2)o1. The highest BCUT2D eigenvalue weighted by Crippen LogP contribution is 2.22. The van der Waals surface area contributed by atoms with Gasteiger partial charge in [0.2, 0.25) is 5.89 Å². The molecule has 3 aromatic rings. The first-order valence-corrected chi connectivity index (χ1v) is 9.29. The summed E-state index contributed by atoms with van der Waals surface area (Å²) in [6.45, 7) is 1.71. The molecule has 3 rings (SSSR count). The number of nitrogens with zero attached hydrogens (tertiary/aromatic N) is 3. The molecule has 0 aliphatic rings. The number of hydrogen-bond acceptors (Lipinski definition) is 6. The lowest BCUT2D eigenvalue weighted by Gasteiger charge is -2.05. The number of H-pyrrole nitrogens is 1. The Morgan fingerprint density at radius 1 is 1.19 bits per heavy atom. The summed E-state index contributed by atoms with van der Waals surface area (Å²) in [6.07, 6.45) is 0.843. The largest absolute Gasteiger partial charge is 0.416 e. The van der Waals surface area contributed by atoms with Crippen molar-refractivity contribution >= 4 is 23.4 Å². The molecule has 0 unspecified atom stereocenters. The molecule has 0 aliphatic heterocycles. The number of aryl methyl sites for hydroxylation is 2. The predicted octanol–water partition coefficient (Wildman–Crippen LogP) is 2.50. The molecule has 26 heavy (non-hydrogen) atoms. The van der Waals surface area contributed by atoms with Crippen LogP contribution < -0.4 is 11.2 Å². The summed E-state index contributed by atoms with van der Waals surface area (Å²) in [7, 11) is 1.45. The van der Waals surface area contributed by atoms with E-state index in [0.29, 0.717) is 46.0 Å². The Kier molecular flexibility index (Phi) is 5.63. The summed E-state index contributed by atoms with van der Waals surface area (Å²) in [6, 6.07) is 7.57. The van der Waals surface area contributed by atoms with Gasteiger partial charge in [-0.15, -0.1) is 10.2 Å². The van der Waals surface area contributed by atoms with E-state index in [9.17, 15) is 9.59 Å².